The van der Waals surface area contributed by atoms with Crippen LogP contribution in [-0.2, 0) is 9.47 Å². The first kappa shape index (κ1) is 37.8. The van der Waals surface area contributed by atoms with E-state index in [1.165, 1.54) is 16.7 Å². The lowest BCUT2D eigenvalue weighted by atomic mass is 9.65. The molecule has 0 spiro atoms. The van der Waals surface area contributed by atoms with Gasteiger partial charge in [-0.05, 0) is 57.2 Å². The Morgan fingerprint density at radius 1 is 0.870 bits per heavy atom. The number of carbonyl (C=O) groups is 1. The summed E-state index contributed by atoms with van der Waals surface area (Å²) in [7, 11) is -0.910. The van der Waals surface area contributed by atoms with Crippen molar-refractivity contribution in [2.45, 2.75) is 90.9 Å². The Morgan fingerprint density at radius 3 is 1.89 bits per heavy atom. The number of hydrogen-bond donors (Lipinski definition) is 0. The van der Waals surface area contributed by atoms with Gasteiger partial charge in [-0.3, -0.25) is 4.79 Å². The molecule has 2 aromatic rings. The van der Waals surface area contributed by atoms with Crippen molar-refractivity contribution in [1.29, 1.82) is 0 Å². The van der Waals surface area contributed by atoms with E-state index in [1.807, 2.05) is 6.07 Å². The largest absolute Gasteiger partial charge is 0.496 e. The summed E-state index contributed by atoms with van der Waals surface area (Å²) in [6.45, 7) is 21.7. The maximum absolute atomic E-state index is 14.9. The van der Waals surface area contributed by atoms with Crippen molar-refractivity contribution < 1.29 is 28.5 Å². The van der Waals surface area contributed by atoms with E-state index in [-0.39, 0.29) is 37.1 Å². The third kappa shape index (κ3) is 11.9. The molecule has 0 fully saturated rings. The van der Waals surface area contributed by atoms with Gasteiger partial charge in [-0.1, -0.05) is 92.9 Å². The summed E-state index contributed by atoms with van der Waals surface area (Å²) < 4.78 is 29.9. The molecular formula is C38H58O6Si2. The van der Waals surface area contributed by atoms with Crippen LogP contribution in [0.3, 0.4) is 0 Å². The predicted octanol–water partition coefficient (Wildman–Crippen LogP) is 9.98. The Hall–Kier alpha value is -2.66. The minimum absolute atomic E-state index is 0.00177. The standard InChI is InChI=1S/C38H58O6Si2/c1-28(2)16-18-32-29(3)17-19-33(36(32)30-14-12-11-13-15-30)38(39)37-34(43-26-41-20-22-45(5,6)7)24-31(40-4)25-35(37)44-27-42-21-23-46(8,9)10/h11-17,24-25,32-33,36H,18-23,26-27H2,1-10H3/t32-,33-,36-/m1/s1. The van der Waals surface area contributed by atoms with E-state index in [0.717, 1.165) is 18.5 Å². The van der Waals surface area contributed by atoms with Crippen LogP contribution in [0, 0.1) is 11.8 Å². The highest BCUT2D eigenvalue weighted by molar-refractivity contribution is 6.76. The van der Waals surface area contributed by atoms with Gasteiger partial charge in [0, 0.05) is 53.3 Å². The number of ether oxygens (including phenoxy) is 5. The lowest BCUT2D eigenvalue weighted by molar-refractivity contribution is 0.0164. The summed E-state index contributed by atoms with van der Waals surface area (Å²) in [5.74, 6) is 1.25. The molecule has 0 saturated carbocycles. The predicted molar refractivity (Wildman–Crippen MR) is 195 cm³/mol. The minimum Gasteiger partial charge on any atom is -0.496 e. The second kappa shape index (κ2) is 17.5. The average molecular weight is 667 g/mol. The molecule has 254 valence electrons. The number of allylic oxidation sites excluding steroid dienone is 4. The summed E-state index contributed by atoms with van der Waals surface area (Å²) in [4.78, 5) is 14.9. The fourth-order valence-corrected chi connectivity index (χ4v) is 7.22. The molecule has 0 N–H and O–H groups in total. The molecular weight excluding hydrogens is 609 g/mol. The van der Waals surface area contributed by atoms with Gasteiger partial charge in [-0.25, -0.2) is 0 Å². The Labute approximate surface area is 280 Å². The monoisotopic (exact) mass is 666 g/mol. The second-order valence-electron chi connectivity index (χ2n) is 15.2. The van der Waals surface area contributed by atoms with Gasteiger partial charge in [0.05, 0.1) is 7.11 Å². The molecule has 6 nitrogen and oxygen atoms in total. The first-order chi connectivity index (χ1) is 21.7. The van der Waals surface area contributed by atoms with Crippen molar-refractivity contribution in [3.05, 3.63) is 76.9 Å². The van der Waals surface area contributed by atoms with Crippen LogP contribution >= 0.6 is 0 Å². The number of ketones is 1. The van der Waals surface area contributed by atoms with Crippen LogP contribution in [0.15, 0.2) is 65.8 Å². The van der Waals surface area contributed by atoms with Crippen LogP contribution in [0.1, 0.15) is 55.5 Å². The summed E-state index contributed by atoms with van der Waals surface area (Å²) in [5.41, 5.74) is 4.19. The molecule has 2 aromatic carbocycles. The fraction of sp³-hybridized carbons (Fsp3) is 0.553. The molecule has 0 aliphatic heterocycles. The summed E-state index contributed by atoms with van der Waals surface area (Å²) >= 11 is 0. The fourth-order valence-electron chi connectivity index (χ4n) is 5.70. The highest BCUT2D eigenvalue weighted by Gasteiger charge is 2.40. The number of benzene rings is 2. The van der Waals surface area contributed by atoms with Gasteiger partial charge in [0.2, 0.25) is 0 Å². The molecule has 0 saturated heterocycles. The number of rotatable bonds is 18. The number of hydrogen-bond acceptors (Lipinski definition) is 6. The van der Waals surface area contributed by atoms with Crippen molar-refractivity contribution in [2.75, 3.05) is 33.9 Å². The van der Waals surface area contributed by atoms with E-state index < -0.39 is 16.1 Å². The Morgan fingerprint density at radius 2 is 1.41 bits per heavy atom. The molecule has 3 atom stereocenters. The maximum Gasteiger partial charge on any atom is 0.189 e. The van der Waals surface area contributed by atoms with E-state index in [4.69, 9.17) is 23.7 Å². The lowest BCUT2D eigenvalue weighted by Crippen LogP contribution is -2.32. The van der Waals surface area contributed by atoms with Gasteiger partial charge >= 0.3 is 0 Å². The van der Waals surface area contributed by atoms with Gasteiger partial charge in [0.1, 0.15) is 22.8 Å². The quantitative estimate of drug-likeness (QED) is 0.0519. The molecule has 0 radical (unpaired) electrons. The van der Waals surface area contributed by atoms with Crippen molar-refractivity contribution in [2.24, 2.45) is 11.8 Å². The summed E-state index contributed by atoms with van der Waals surface area (Å²) in [6.07, 6.45) is 6.05. The van der Waals surface area contributed by atoms with E-state index >= 15 is 0 Å². The molecule has 0 aromatic heterocycles. The van der Waals surface area contributed by atoms with Crippen molar-refractivity contribution in [3.63, 3.8) is 0 Å². The molecule has 0 heterocycles. The van der Waals surface area contributed by atoms with E-state index in [2.05, 4.69) is 96.5 Å². The third-order valence-electron chi connectivity index (χ3n) is 8.56. The molecule has 1 aliphatic rings. The number of methoxy groups -OCH3 is 1. The molecule has 0 bridgehead atoms. The van der Waals surface area contributed by atoms with Gasteiger partial charge in [-0.15, -0.1) is 0 Å². The highest BCUT2D eigenvalue weighted by Crippen LogP contribution is 2.47. The van der Waals surface area contributed by atoms with E-state index in [1.54, 1.807) is 19.2 Å². The minimum atomic E-state index is -1.26. The van der Waals surface area contributed by atoms with Gasteiger partial charge in [-0.2, -0.15) is 0 Å². The summed E-state index contributed by atoms with van der Waals surface area (Å²) in [5, 5.41) is 0. The zero-order valence-electron chi connectivity index (χ0n) is 30.0. The van der Waals surface area contributed by atoms with Gasteiger partial charge in [0.15, 0.2) is 19.4 Å². The van der Waals surface area contributed by atoms with Crippen LogP contribution in [0.2, 0.25) is 51.4 Å². The van der Waals surface area contributed by atoms with Crippen LogP contribution in [0.4, 0.5) is 0 Å². The Kier molecular flexibility index (Phi) is 14.4. The smallest absolute Gasteiger partial charge is 0.189 e. The summed E-state index contributed by atoms with van der Waals surface area (Å²) in [6, 6.07) is 16.1. The first-order valence-corrected chi connectivity index (χ1v) is 24.1. The van der Waals surface area contributed by atoms with Gasteiger partial charge < -0.3 is 23.7 Å². The van der Waals surface area contributed by atoms with Crippen molar-refractivity contribution >= 4 is 21.9 Å². The van der Waals surface area contributed by atoms with Crippen LogP contribution in [0.5, 0.6) is 17.2 Å². The van der Waals surface area contributed by atoms with E-state index in [9.17, 15) is 4.79 Å². The maximum atomic E-state index is 14.9. The lowest BCUT2D eigenvalue weighted by Gasteiger charge is -2.37. The molecule has 46 heavy (non-hydrogen) atoms. The van der Waals surface area contributed by atoms with Crippen LogP contribution in [0.25, 0.3) is 0 Å². The van der Waals surface area contributed by atoms with E-state index in [0.29, 0.717) is 42.4 Å². The van der Waals surface area contributed by atoms with Crippen molar-refractivity contribution in [3.8, 4) is 17.2 Å². The average Bonchev–Trinajstić information content (AvgIpc) is 2.98. The van der Waals surface area contributed by atoms with Crippen LogP contribution in [-0.4, -0.2) is 55.8 Å². The topological polar surface area (TPSA) is 63.2 Å². The normalized spacial score (nSPS) is 18.5. The molecule has 3 rings (SSSR count). The van der Waals surface area contributed by atoms with Crippen LogP contribution < -0.4 is 14.2 Å². The second-order valence-corrected chi connectivity index (χ2v) is 26.4. The molecule has 0 amide bonds. The molecule has 0 unspecified atom stereocenters. The third-order valence-corrected chi connectivity index (χ3v) is 12.0. The SMILES string of the molecule is COc1cc(OCOCC[Si](C)(C)C)c(C(=O)[C@@H]2CC=C(C)[C@@H](CC=C(C)C)[C@H]2c2ccccc2)c(OCOCC[Si](C)(C)C)c1. The van der Waals surface area contributed by atoms with Crippen molar-refractivity contribution in [1.82, 2.24) is 0 Å². The Bertz CT molecular complexity index is 1270. The number of carbonyl (C=O) groups excluding carboxylic acids is 1. The zero-order valence-corrected chi connectivity index (χ0v) is 32.0. The Balaban J connectivity index is 2.02. The molecule has 8 heteroatoms. The van der Waals surface area contributed by atoms with Gasteiger partial charge in [0.25, 0.3) is 0 Å². The first-order valence-electron chi connectivity index (χ1n) is 16.7. The number of Topliss-reactive ketones (excluding diaryl/α,β-unsaturated/α-hetero) is 1. The molecule has 1 aliphatic carbocycles. The zero-order chi connectivity index (χ0) is 33.9. The highest BCUT2D eigenvalue weighted by atomic mass is 28.3.